The molecular formula is C11H19NO9. The summed E-state index contributed by atoms with van der Waals surface area (Å²) in [6.07, 6.45) is -8.00. The lowest BCUT2D eigenvalue weighted by atomic mass is 9.95. The summed E-state index contributed by atoms with van der Waals surface area (Å²) < 4.78 is 4.42. The van der Waals surface area contributed by atoms with Gasteiger partial charge in [-0.2, -0.15) is 0 Å². The number of carboxylic acids is 1. The van der Waals surface area contributed by atoms with Gasteiger partial charge in [0, 0.05) is 13.3 Å². The molecule has 0 fully saturated rings. The molecule has 0 aliphatic rings. The number of rotatable bonds is 9. The summed E-state index contributed by atoms with van der Waals surface area (Å²) in [5.41, 5.74) is 5.38. The van der Waals surface area contributed by atoms with Crippen molar-refractivity contribution in [2.24, 2.45) is 5.73 Å². The first-order valence-corrected chi connectivity index (χ1v) is 5.95. The number of nitrogens with two attached hydrogens (primary N) is 1. The molecule has 0 aliphatic heterocycles. The van der Waals surface area contributed by atoms with Crippen LogP contribution in [0.4, 0.5) is 0 Å². The lowest BCUT2D eigenvalue weighted by Crippen LogP contribution is -2.54. The summed E-state index contributed by atoms with van der Waals surface area (Å²) in [7, 11) is 0. The van der Waals surface area contributed by atoms with Gasteiger partial charge in [-0.25, -0.2) is 4.79 Å². The second kappa shape index (κ2) is 8.64. The van der Waals surface area contributed by atoms with Crippen LogP contribution in [0.15, 0.2) is 0 Å². The number of hydrogen-bond donors (Lipinski definition) is 6. The molecule has 0 aromatic carbocycles. The minimum Gasteiger partial charge on any atom is -0.475 e. The van der Waals surface area contributed by atoms with Crippen LogP contribution in [0.3, 0.4) is 0 Å². The van der Waals surface area contributed by atoms with E-state index >= 15 is 0 Å². The first-order valence-electron chi connectivity index (χ1n) is 5.95. The molecule has 0 bridgehead atoms. The summed E-state index contributed by atoms with van der Waals surface area (Å²) in [6.45, 7) is 0.465. The molecule has 0 amide bonds. The van der Waals surface area contributed by atoms with E-state index in [-0.39, 0.29) is 0 Å². The van der Waals surface area contributed by atoms with E-state index in [1.165, 1.54) is 0 Å². The van der Waals surface area contributed by atoms with Crippen LogP contribution in [0.25, 0.3) is 0 Å². The van der Waals surface area contributed by atoms with Gasteiger partial charge in [0.15, 0.2) is 0 Å². The number of aliphatic hydroxyl groups excluding tert-OH is 4. The third-order valence-electron chi connectivity index (χ3n) is 2.67. The zero-order valence-electron chi connectivity index (χ0n) is 11.2. The fourth-order valence-electron chi connectivity index (χ4n) is 1.40. The van der Waals surface area contributed by atoms with Gasteiger partial charge in [-0.15, -0.1) is 0 Å². The van der Waals surface area contributed by atoms with Crippen molar-refractivity contribution in [1.82, 2.24) is 0 Å². The van der Waals surface area contributed by atoms with Crippen molar-refractivity contribution >= 4 is 17.7 Å². The zero-order valence-corrected chi connectivity index (χ0v) is 11.2. The van der Waals surface area contributed by atoms with Crippen LogP contribution < -0.4 is 5.73 Å². The molecule has 10 heteroatoms. The van der Waals surface area contributed by atoms with E-state index in [1.54, 1.807) is 0 Å². The second-order valence-electron chi connectivity index (χ2n) is 4.43. The number of esters is 1. The Morgan fingerprint density at radius 1 is 1.05 bits per heavy atom. The highest BCUT2D eigenvalue weighted by molar-refractivity contribution is 6.32. The third-order valence-corrected chi connectivity index (χ3v) is 2.67. The van der Waals surface area contributed by atoms with Gasteiger partial charge < -0.3 is 36.0 Å². The van der Waals surface area contributed by atoms with Gasteiger partial charge in [-0.05, 0) is 0 Å². The van der Waals surface area contributed by atoms with Crippen molar-refractivity contribution in [3.63, 3.8) is 0 Å². The number of carboxylic acid groups (broad SMARTS) is 1. The Hall–Kier alpha value is -1.59. The largest absolute Gasteiger partial charge is 0.475 e. The van der Waals surface area contributed by atoms with Gasteiger partial charge in [0.05, 0.1) is 12.1 Å². The molecule has 0 unspecified atom stereocenters. The lowest BCUT2D eigenvalue weighted by Gasteiger charge is -2.29. The summed E-state index contributed by atoms with van der Waals surface area (Å²) >= 11 is 0. The number of aliphatic carboxylic acids is 1. The monoisotopic (exact) mass is 309 g/mol. The zero-order chi connectivity index (χ0) is 16.7. The number of carbonyl (C=O) groups is 3. The molecule has 5 atom stereocenters. The standard InChI is InChI=1S/C11H19NO9/c1-4(13)21-3-7(16)9(17)10(18)8(12)5(14)2-6(15)11(19)20/h5,7-10,14,16-18H,2-3,12H2,1H3,(H,19,20)/t5-,7+,8+,9+,10+/m0/s1. The minimum absolute atomic E-state index is 0.607. The number of hydrogen-bond acceptors (Lipinski definition) is 9. The third kappa shape index (κ3) is 6.60. The van der Waals surface area contributed by atoms with Crippen molar-refractivity contribution in [2.75, 3.05) is 6.61 Å². The van der Waals surface area contributed by atoms with Crippen LogP contribution in [0, 0.1) is 0 Å². The number of ether oxygens (including phenoxy) is 1. The molecule has 0 heterocycles. The molecule has 0 radical (unpaired) electrons. The lowest BCUT2D eigenvalue weighted by molar-refractivity contribution is -0.152. The number of aliphatic hydroxyl groups is 4. The van der Waals surface area contributed by atoms with Crippen LogP contribution in [-0.2, 0) is 19.1 Å². The summed E-state index contributed by atoms with van der Waals surface area (Å²) in [5.74, 6) is -3.81. The molecule has 0 spiro atoms. The van der Waals surface area contributed by atoms with E-state index in [0.29, 0.717) is 0 Å². The van der Waals surface area contributed by atoms with Crippen LogP contribution in [0.5, 0.6) is 0 Å². The molecule has 0 aromatic heterocycles. The number of carbonyl (C=O) groups excluding carboxylic acids is 2. The molecular weight excluding hydrogens is 290 g/mol. The maximum atomic E-state index is 10.9. The van der Waals surface area contributed by atoms with Gasteiger partial charge in [0.25, 0.3) is 0 Å². The van der Waals surface area contributed by atoms with Gasteiger partial charge >= 0.3 is 11.9 Å². The van der Waals surface area contributed by atoms with Gasteiger partial charge in [-0.1, -0.05) is 0 Å². The van der Waals surface area contributed by atoms with Gasteiger partial charge in [0.1, 0.15) is 24.9 Å². The molecule has 0 rings (SSSR count). The topological polar surface area (TPSA) is 188 Å². The first kappa shape index (κ1) is 19.4. The summed E-state index contributed by atoms with van der Waals surface area (Å²) in [6, 6.07) is -1.59. The Morgan fingerprint density at radius 3 is 2.00 bits per heavy atom. The van der Waals surface area contributed by atoms with Crippen LogP contribution >= 0.6 is 0 Å². The van der Waals surface area contributed by atoms with Gasteiger partial charge in [-0.3, -0.25) is 9.59 Å². The van der Waals surface area contributed by atoms with Crippen LogP contribution in [0.2, 0.25) is 0 Å². The highest BCUT2D eigenvalue weighted by atomic mass is 16.5. The van der Waals surface area contributed by atoms with E-state index in [4.69, 9.17) is 10.8 Å². The molecule has 0 aliphatic carbocycles. The second-order valence-corrected chi connectivity index (χ2v) is 4.43. The first-order chi connectivity index (χ1) is 9.57. The normalized spacial score (nSPS) is 18.2. The van der Waals surface area contributed by atoms with Gasteiger partial charge in [0.2, 0.25) is 5.78 Å². The quantitative estimate of drug-likeness (QED) is 0.183. The van der Waals surface area contributed by atoms with Crippen molar-refractivity contribution in [3.05, 3.63) is 0 Å². The molecule has 21 heavy (non-hydrogen) atoms. The Balaban J connectivity index is 4.52. The van der Waals surface area contributed by atoms with Crippen molar-refractivity contribution < 1.29 is 44.7 Å². The van der Waals surface area contributed by atoms with Crippen LogP contribution in [0.1, 0.15) is 13.3 Å². The molecule has 10 nitrogen and oxygen atoms in total. The maximum absolute atomic E-state index is 10.9. The SMILES string of the molecule is CC(=O)OC[C@@H](O)[C@@H](O)[C@H](O)[C@H](N)[C@@H](O)CC(=O)C(=O)O. The van der Waals surface area contributed by atoms with E-state index in [9.17, 15) is 34.8 Å². The Morgan fingerprint density at radius 2 is 1.57 bits per heavy atom. The average Bonchev–Trinajstić information content (AvgIpc) is 2.41. The van der Waals surface area contributed by atoms with Crippen molar-refractivity contribution in [1.29, 1.82) is 0 Å². The highest BCUT2D eigenvalue weighted by Crippen LogP contribution is 2.10. The predicted octanol–water partition coefficient (Wildman–Crippen LogP) is -3.64. The molecule has 0 aromatic rings. The van der Waals surface area contributed by atoms with Crippen molar-refractivity contribution in [2.45, 2.75) is 43.8 Å². The van der Waals surface area contributed by atoms with E-state index < -0.39 is 61.2 Å². The fraction of sp³-hybridized carbons (Fsp3) is 0.727. The van der Waals surface area contributed by atoms with Crippen molar-refractivity contribution in [3.8, 4) is 0 Å². The average molecular weight is 309 g/mol. The number of Topliss-reactive ketones (excluding diaryl/α,β-unsaturated/α-hetero) is 1. The van der Waals surface area contributed by atoms with E-state index in [0.717, 1.165) is 6.92 Å². The summed E-state index contributed by atoms with van der Waals surface area (Å²) in [4.78, 5) is 31.7. The number of ketones is 1. The molecule has 0 saturated heterocycles. The predicted molar refractivity (Wildman–Crippen MR) is 65.9 cm³/mol. The molecule has 0 saturated carbocycles. The fourth-order valence-corrected chi connectivity index (χ4v) is 1.40. The summed E-state index contributed by atoms with van der Waals surface area (Å²) in [5, 5.41) is 46.6. The Labute approximate surface area is 119 Å². The molecule has 7 N–H and O–H groups in total. The smallest absolute Gasteiger partial charge is 0.372 e. The van der Waals surface area contributed by atoms with E-state index in [1.807, 2.05) is 0 Å². The Bertz CT molecular complexity index is 386. The molecule has 122 valence electrons. The van der Waals surface area contributed by atoms with Crippen LogP contribution in [-0.4, -0.2) is 80.3 Å². The maximum Gasteiger partial charge on any atom is 0.372 e. The highest BCUT2D eigenvalue weighted by Gasteiger charge is 2.35. The minimum atomic E-state index is -1.87. The Kier molecular flexibility index (Phi) is 7.99. The van der Waals surface area contributed by atoms with E-state index in [2.05, 4.69) is 4.74 Å².